The van der Waals surface area contributed by atoms with Crippen molar-refractivity contribution in [3.8, 4) is 0 Å². The number of aliphatic hydroxyl groups excluding tert-OH is 4. The number of benzene rings is 1. The summed E-state index contributed by atoms with van der Waals surface area (Å²) in [5.74, 6) is -0.821. The summed E-state index contributed by atoms with van der Waals surface area (Å²) in [4.78, 5) is 24.6. The Morgan fingerprint density at radius 2 is 1.78 bits per heavy atom. The van der Waals surface area contributed by atoms with Crippen LogP contribution in [-0.2, 0) is 4.79 Å². The lowest BCUT2D eigenvalue weighted by molar-refractivity contribution is -0.116. The molecular weight excluding hydrogens is 356 g/mol. The van der Waals surface area contributed by atoms with Gasteiger partial charge in [-0.25, -0.2) is 4.79 Å². The highest BCUT2D eigenvalue weighted by Gasteiger charge is 2.36. The topological polar surface area (TPSA) is 168 Å². The second kappa shape index (κ2) is 7.92. The van der Waals surface area contributed by atoms with Crippen molar-refractivity contribution in [1.29, 1.82) is 0 Å². The number of primary amides is 1. The Kier molecular flexibility index (Phi) is 6.06. The Labute approximate surface area is 155 Å². The summed E-state index contributed by atoms with van der Waals surface area (Å²) in [6.07, 6.45) is -5.00. The summed E-state index contributed by atoms with van der Waals surface area (Å²) in [5, 5.41) is 44.4. The van der Waals surface area contributed by atoms with E-state index < -0.39 is 37.0 Å². The van der Waals surface area contributed by atoms with Crippen LogP contribution in [0, 0.1) is 13.8 Å². The lowest BCUT2D eigenvalue weighted by atomic mass is 10.0. The zero-order valence-electron chi connectivity index (χ0n) is 15.2. The van der Waals surface area contributed by atoms with Crippen LogP contribution < -0.4 is 21.3 Å². The average Bonchev–Trinajstić information content (AvgIpc) is 2.60. The van der Waals surface area contributed by atoms with Crippen molar-refractivity contribution in [3.63, 3.8) is 0 Å². The number of nitrogens with two attached hydrogens (primary N) is 1. The highest BCUT2D eigenvalue weighted by Crippen LogP contribution is 2.39. The molecule has 10 nitrogen and oxygen atoms in total. The van der Waals surface area contributed by atoms with Gasteiger partial charge in [0.1, 0.15) is 17.9 Å². The van der Waals surface area contributed by atoms with Gasteiger partial charge in [-0.15, -0.1) is 0 Å². The number of rotatable bonds is 5. The Bertz CT molecular complexity index is 794. The van der Waals surface area contributed by atoms with E-state index in [0.29, 0.717) is 11.4 Å². The SMILES string of the molecule is CC1=C(C(=O)NC(N)=O)Nc2cc(C)c(C)cc2N1C(O)C(O)C(O)CO. The van der Waals surface area contributed by atoms with Crippen molar-refractivity contribution in [1.82, 2.24) is 5.32 Å². The molecular formula is C17H24N4O6. The Morgan fingerprint density at radius 1 is 1.19 bits per heavy atom. The lowest BCUT2D eigenvalue weighted by Gasteiger charge is -2.40. The molecule has 0 spiro atoms. The number of hydrogen-bond acceptors (Lipinski definition) is 8. The minimum atomic E-state index is -1.72. The van der Waals surface area contributed by atoms with Crippen LogP contribution in [0.3, 0.4) is 0 Å². The molecule has 0 aliphatic carbocycles. The number of nitrogens with zero attached hydrogens (tertiary/aromatic N) is 1. The predicted octanol–water partition coefficient (Wildman–Crippen LogP) is -1.01. The molecule has 0 aromatic heterocycles. The number of imide groups is 1. The zero-order chi connectivity index (χ0) is 20.5. The molecule has 1 aromatic rings. The predicted molar refractivity (Wildman–Crippen MR) is 97.6 cm³/mol. The number of anilines is 2. The van der Waals surface area contributed by atoms with Crippen LogP contribution in [0.5, 0.6) is 0 Å². The van der Waals surface area contributed by atoms with Crippen molar-refractivity contribution < 1.29 is 30.0 Å². The van der Waals surface area contributed by atoms with Crippen molar-refractivity contribution in [2.45, 2.75) is 39.2 Å². The van der Waals surface area contributed by atoms with Gasteiger partial charge in [0.15, 0.2) is 6.23 Å². The van der Waals surface area contributed by atoms with Crippen LogP contribution in [0.1, 0.15) is 18.1 Å². The quantitative estimate of drug-likeness (QED) is 0.341. The number of carbonyl (C=O) groups is 2. The summed E-state index contributed by atoms with van der Waals surface area (Å²) in [5.41, 5.74) is 7.81. The van der Waals surface area contributed by atoms with Crippen LogP contribution in [0.25, 0.3) is 0 Å². The van der Waals surface area contributed by atoms with E-state index in [-0.39, 0.29) is 11.4 Å². The van der Waals surface area contributed by atoms with Gasteiger partial charge in [-0.3, -0.25) is 10.1 Å². The van der Waals surface area contributed by atoms with Crippen molar-refractivity contribution in [2.24, 2.45) is 5.73 Å². The molecule has 0 saturated heterocycles. The fourth-order valence-corrected chi connectivity index (χ4v) is 2.82. The number of urea groups is 1. The third kappa shape index (κ3) is 4.03. The molecule has 1 heterocycles. The Morgan fingerprint density at radius 3 is 2.33 bits per heavy atom. The molecule has 8 N–H and O–H groups in total. The number of hydrogen-bond donors (Lipinski definition) is 7. The lowest BCUT2D eigenvalue weighted by Crippen LogP contribution is -2.51. The summed E-state index contributed by atoms with van der Waals surface area (Å²) in [6.45, 7) is 4.44. The highest BCUT2D eigenvalue weighted by atomic mass is 16.4. The number of allylic oxidation sites excluding steroid dienone is 1. The molecule has 2 rings (SSSR count). The van der Waals surface area contributed by atoms with E-state index >= 15 is 0 Å². The van der Waals surface area contributed by atoms with Gasteiger partial charge in [-0.2, -0.15) is 0 Å². The molecule has 0 fully saturated rings. The maximum atomic E-state index is 12.3. The third-order valence-corrected chi connectivity index (χ3v) is 4.47. The van der Waals surface area contributed by atoms with E-state index in [1.165, 1.54) is 11.8 Å². The zero-order valence-corrected chi connectivity index (χ0v) is 15.2. The Balaban J connectivity index is 2.58. The number of carbonyl (C=O) groups excluding carboxylic acids is 2. The minimum Gasteiger partial charge on any atom is -0.394 e. The van der Waals surface area contributed by atoms with Crippen molar-refractivity contribution >= 4 is 23.3 Å². The normalized spacial score (nSPS) is 16.9. The van der Waals surface area contributed by atoms with Gasteiger partial charge in [0.2, 0.25) is 0 Å². The van der Waals surface area contributed by atoms with Crippen molar-refractivity contribution in [2.75, 3.05) is 16.8 Å². The van der Waals surface area contributed by atoms with Gasteiger partial charge in [0.05, 0.1) is 18.0 Å². The molecule has 3 unspecified atom stereocenters. The molecule has 1 aromatic carbocycles. The van der Waals surface area contributed by atoms with E-state index in [9.17, 15) is 24.9 Å². The number of fused-ring (bicyclic) bond motifs is 1. The summed E-state index contributed by atoms with van der Waals surface area (Å²) >= 11 is 0. The van der Waals surface area contributed by atoms with Gasteiger partial charge >= 0.3 is 6.03 Å². The number of amides is 3. The second-order valence-corrected chi connectivity index (χ2v) is 6.38. The first-order valence-corrected chi connectivity index (χ1v) is 8.22. The number of aryl methyl sites for hydroxylation is 2. The molecule has 0 saturated carbocycles. The van der Waals surface area contributed by atoms with Gasteiger partial charge < -0.3 is 36.4 Å². The van der Waals surface area contributed by atoms with Crippen molar-refractivity contribution in [3.05, 3.63) is 34.7 Å². The first kappa shape index (κ1) is 20.6. The molecule has 3 atom stereocenters. The van der Waals surface area contributed by atoms with Crippen LogP contribution in [-0.4, -0.2) is 57.4 Å². The van der Waals surface area contributed by atoms with Gasteiger partial charge in [-0.1, -0.05) is 0 Å². The average molecular weight is 380 g/mol. The molecule has 10 heteroatoms. The van der Waals surface area contributed by atoms with E-state index in [1.54, 1.807) is 12.1 Å². The fraction of sp³-hybridized carbons (Fsp3) is 0.412. The molecule has 0 bridgehead atoms. The first-order valence-electron chi connectivity index (χ1n) is 8.22. The second-order valence-electron chi connectivity index (χ2n) is 6.38. The van der Waals surface area contributed by atoms with E-state index in [2.05, 4.69) is 5.32 Å². The molecule has 148 valence electrons. The molecule has 1 aliphatic heterocycles. The molecule has 0 radical (unpaired) electrons. The molecule has 1 aliphatic rings. The fourth-order valence-electron chi connectivity index (χ4n) is 2.82. The summed E-state index contributed by atoms with van der Waals surface area (Å²) in [7, 11) is 0. The largest absolute Gasteiger partial charge is 0.394 e. The van der Waals surface area contributed by atoms with Gasteiger partial charge in [0, 0.05) is 5.70 Å². The molecule has 27 heavy (non-hydrogen) atoms. The van der Waals surface area contributed by atoms with Crippen LogP contribution >= 0.6 is 0 Å². The highest BCUT2D eigenvalue weighted by molar-refractivity contribution is 6.07. The monoisotopic (exact) mass is 380 g/mol. The van der Waals surface area contributed by atoms with Crippen LogP contribution in [0.4, 0.5) is 16.2 Å². The van der Waals surface area contributed by atoms with Gasteiger partial charge in [-0.05, 0) is 44.0 Å². The van der Waals surface area contributed by atoms with E-state index in [1.807, 2.05) is 19.2 Å². The maximum absolute atomic E-state index is 12.3. The third-order valence-electron chi connectivity index (χ3n) is 4.47. The summed E-state index contributed by atoms with van der Waals surface area (Å²) in [6, 6.07) is 2.44. The first-order chi connectivity index (χ1) is 12.6. The smallest absolute Gasteiger partial charge is 0.319 e. The van der Waals surface area contributed by atoms with Crippen LogP contribution in [0.15, 0.2) is 23.5 Å². The standard InChI is InChI=1S/C17H24N4O6/c1-7-4-10-11(5-8(7)2)21(16(26)14(24)12(23)6-22)9(3)13(19-10)15(25)20-17(18)27/h4-5,12,14,16,19,22-24,26H,6H2,1-3H3,(H3,18,20,25,27). The van der Waals surface area contributed by atoms with E-state index in [0.717, 1.165) is 11.1 Å². The summed E-state index contributed by atoms with van der Waals surface area (Å²) < 4.78 is 0. The maximum Gasteiger partial charge on any atom is 0.319 e. The minimum absolute atomic E-state index is 0.0608. The Hall–Kier alpha value is -2.66. The van der Waals surface area contributed by atoms with Crippen LogP contribution in [0.2, 0.25) is 0 Å². The number of aliphatic hydroxyl groups is 4. The van der Waals surface area contributed by atoms with E-state index in [4.69, 9.17) is 10.8 Å². The molecule has 3 amide bonds. The van der Waals surface area contributed by atoms with Gasteiger partial charge in [0.25, 0.3) is 5.91 Å². The number of nitrogens with one attached hydrogen (secondary N) is 2.